The number of hydrogen-bond donors (Lipinski definition) is 0. The van der Waals surface area contributed by atoms with E-state index < -0.39 is 0 Å². The van der Waals surface area contributed by atoms with Gasteiger partial charge in [-0.25, -0.2) is 0 Å². The summed E-state index contributed by atoms with van der Waals surface area (Å²) in [7, 11) is 4.57. The van der Waals surface area contributed by atoms with Crippen LogP contribution >= 0.6 is 30.1 Å². The van der Waals surface area contributed by atoms with Gasteiger partial charge in [-0.1, -0.05) is 60.5 Å². The second kappa shape index (κ2) is 4.08. The molecule has 3 heteroatoms. The van der Waals surface area contributed by atoms with Crippen LogP contribution in [0.1, 0.15) is 24.8 Å². The Morgan fingerprint density at radius 3 is 2.76 bits per heavy atom. The average Bonchev–Trinajstić information content (AvgIpc) is 3.00. The predicted molar refractivity (Wildman–Crippen MR) is 83.1 cm³/mol. The lowest BCUT2D eigenvalue weighted by Crippen LogP contribution is -1.91. The minimum absolute atomic E-state index is 0.376. The number of rotatable bonds is 1. The van der Waals surface area contributed by atoms with E-state index in [1.54, 1.807) is 15.3 Å². The Hall–Kier alpha value is -0.380. The van der Waals surface area contributed by atoms with Gasteiger partial charge in [0.1, 0.15) is 0 Å². The summed E-state index contributed by atoms with van der Waals surface area (Å²) in [5.41, 5.74) is 3.07. The van der Waals surface area contributed by atoms with E-state index in [0.717, 1.165) is 0 Å². The molecule has 1 aromatic carbocycles. The first-order valence-corrected chi connectivity index (χ1v) is 9.78. The molecule has 2 aliphatic heterocycles. The molecule has 4 rings (SSSR count). The van der Waals surface area contributed by atoms with Gasteiger partial charge in [-0.3, -0.25) is 0 Å². The molecule has 0 aromatic heterocycles. The first-order chi connectivity index (χ1) is 8.42. The largest absolute Gasteiger partial charge is 0.0622 e. The molecule has 2 heterocycles. The Balaban J connectivity index is 1.71. The van der Waals surface area contributed by atoms with Crippen LogP contribution in [0.5, 0.6) is 0 Å². The van der Waals surface area contributed by atoms with Crippen LogP contribution in [0.4, 0.5) is 0 Å². The summed E-state index contributed by atoms with van der Waals surface area (Å²) >= 11 is 0. The van der Waals surface area contributed by atoms with Crippen LogP contribution in [0.25, 0.3) is 4.91 Å². The molecule has 1 aliphatic carbocycles. The monoisotopic (exact) mass is 276 g/mol. The van der Waals surface area contributed by atoms with Gasteiger partial charge in [0.05, 0.1) is 0 Å². The topological polar surface area (TPSA) is 0 Å². The van der Waals surface area contributed by atoms with Crippen LogP contribution in [0.15, 0.2) is 46.9 Å². The summed E-state index contributed by atoms with van der Waals surface area (Å²) in [5.74, 6) is 0. The zero-order valence-corrected chi connectivity index (χ0v) is 11.8. The Labute approximate surface area is 111 Å². The zero-order valence-electron chi connectivity index (χ0n) is 9.31. The number of hydrogen-bond acceptors (Lipinski definition) is 2. The summed E-state index contributed by atoms with van der Waals surface area (Å²) in [6, 6.07) is 10.8. The van der Waals surface area contributed by atoms with Crippen molar-refractivity contribution in [2.24, 2.45) is 0 Å². The van der Waals surface area contributed by atoms with Crippen molar-refractivity contribution in [2.45, 2.75) is 19.3 Å². The molecule has 0 saturated carbocycles. The van der Waals surface area contributed by atoms with E-state index in [1.807, 2.05) is 0 Å². The molecule has 0 spiro atoms. The highest BCUT2D eigenvalue weighted by Gasteiger charge is 2.31. The minimum atomic E-state index is 0.376. The van der Waals surface area contributed by atoms with E-state index in [1.165, 1.54) is 29.7 Å². The normalized spacial score (nSPS) is 26.2. The van der Waals surface area contributed by atoms with Gasteiger partial charge < -0.3 is 0 Å². The van der Waals surface area contributed by atoms with Crippen molar-refractivity contribution in [3.63, 3.8) is 0 Å². The van der Waals surface area contributed by atoms with E-state index in [4.69, 9.17) is 0 Å². The highest BCUT2D eigenvalue weighted by molar-refractivity contribution is 9.18. The molecular weight excluding hydrogens is 264 g/mol. The number of allylic oxidation sites excluding steroid dienone is 3. The van der Waals surface area contributed by atoms with Gasteiger partial charge in [-0.15, -0.1) is 0 Å². The second-order valence-corrected chi connectivity index (χ2v) is 10.2. The summed E-state index contributed by atoms with van der Waals surface area (Å²) in [4.78, 5) is 4.81. The summed E-state index contributed by atoms with van der Waals surface area (Å²) in [6.07, 6.45) is 6.48. The fourth-order valence-electron chi connectivity index (χ4n) is 2.46. The molecule has 0 bridgehead atoms. The predicted octanol–water partition coefficient (Wildman–Crippen LogP) is 5.23. The van der Waals surface area contributed by atoms with E-state index in [9.17, 15) is 0 Å². The molecule has 0 nitrogen and oxygen atoms in total. The fourth-order valence-corrected chi connectivity index (χ4v) is 10.00. The van der Waals surface area contributed by atoms with Crippen molar-refractivity contribution in [2.75, 3.05) is 0 Å². The molecule has 3 aliphatic rings. The van der Waals surface area contributed by atoms with E-state index in [2.05, 4.69) is 58.0 Å². The molecule has 1 atom stereocenters. The molecule has 86 valence electrons. The molecule has 1 unspecified atom stereocenters. The lowest BCUT2D eigenvalue weighted by molar-refractivity contribution is 0.918. The number of fused-ring (bicyclic) bond motifs is 1. The standard InChI is InChI=1S/C14H12S3/c1-2-5-10(6-3-1)13-9-14-11-7-4-8-12(11)15-17(14)16-13/h1-3,5-6,9H,4,7-8H2. The van der Waals surface area contributed by atoms with Crippen LogP contribution in [0.3, 0.4) is 0 Å². The van der Waals surface area contributed by atoms with Crippen molar-refractivity contribution in [1.82, 2.24) is 0 Å². The quantitative estimate of drug-likeness (QED) is 0.509. The maximum absolute atomic E-state index is 2.45. The minimum Gasteiger partial charge on any atom is -0.0622 e. The van der Waals surface area contributed by atoms with Crippen molar-refractivity contribution >= 4 is 39.9 Å². The summed E-state index contributed by atoms with van der Waals surface area (Å²) in [6.45, 7) is 0. The van der Waals surface area contributed by atoms with E-state index >= 15 is 0 Å². The Morgan fingerprint density at radius 1 is 1.00 bits per heavy atom. The van der Waals surface area contributed by atoms with Gasteiger partial charge in [0, 0.05) is 14.7 Å². The Morgan fingerprint density at radius 2 is 1.88 bits per heavy atom. The summed E-state index contributed by atoms with van der Waals surface area (Å²) < 4.78 is 0. The smallest absolute Gasteiger partial charge is 0.0270 e. The van der Waals surface area contributed by atoms with Crippen LogP contribution < -0.4 is 0 Å². The first-order valence-electron chi connectivity index (χ1n) is 5.89. The molecule has 0 amide bonds. The van der Waals surface area contributed by atoms with E-state index in [0.29, 0.717) is 8.55 Å². The maximum Gasteiger partial charge on any atom is 0.0270 e. The highest BCUT2D eigenvalue weighted by atomic mass is 33.5. The first kappa shape index (κ1) is 10.5. The molecule has 0 radical (unpaired) electrons. The molecule has 0 fully saturated rings. The zero-order chi connectivity index (χ0) is 11.2. The third kappa shape index (κ3) is 1.67. The van der Waals surface area contributed by atoms with Crippen LogP contribution in [-0.4, -0.2) is 4.86 Å². The summed E-state index contributed by atoms with van der Waals surface area (Å²) in [5, 5.41) is 0. The van der Waals surface area contributed by atoms with E-state index in [-0.39, 0.29) is 0 Å². The SMILES string of the molecule is C1=C(c2ccccc2)SS2=C1C1=C(CCC1)S2. The van der Waals surface area contributed by atoms with Gasteiger partial charge in [0.2, 0.25) is 0 Å². The van der Waals surface area contributed by atoms with Gasteiger partial charge in [-0.2, -0.15) is 0 Å². The maximum atomic E-state index is 2.45. The van der Waals surface area contributed by atoms with Crippen LogP contribution in [0.2, 0.25) is 0 Å². The average molecular weight is 276 g/mol. The van der Waals surface area contributed by atoms with Gasteiger partial charge >= 0.3 is 0 Å². The fraction of sp³-hybridized carbons (Fsp3) is 0.214. The van der Waals surface area contributed by atoms with Gasteiger partial charge in [0.15, 0.2) is 0 Å². The Bertz CT molecular complexity index is 579. The number of benzene rings is 1. The van der Waals surface area contributed by atoms with Crippen molar-refractivity contribution in [1.29, 1.82) is 0 Å². The van der Waals surface area contributed by atoms with Crippen LogP contribution in [-0.2, 0) is 0 Å². The van der Waals surface area contributed by atoms with Gasteiger partial charge in [0.25, 0.3) is 0 Å². The molecular formula is C14H12S3. The van der Waals surface area contributed by atoms with Gasteiger partial charge in [-0.05, 0) is 36.5 Å². The second-order valence-electron chi connectivity index (χ2n) is 4.40. The Kier molecular flexibility index (Phi) is 2.53. The molecule has 1 aromatic rings. The molecule has 0 saturated heterocycles. The van der Waals surface area contributed by atoms with Crippen molar-refractivity contribution < 1.29 is 0 Å². The van der Waals surface area contributed by atoms with Crippen molar-refractivity contribution in [3.8, 4) is 0 Å². The lowest BCUT2D eigenvalue weighted by atomic mass is 10.1. The third-order valence-corrected chi connectivity index (χ3v) is 9.87. The van der Waals surface area contributed by atoms with Crippen LogP contribution in [0, 0.1) is 0 Å². The highest BCUT2D eigenvalue weighted by Crippen LogP contribution is 2.65. The third-order valence-electron chi connectivity index (χ3n) is 3.31. The molecule has 17 heavy (non-hydrogen) atoms. The molecule has 0 N–H and O–H groups in total. The lowest BCUT2D eigenvalue weighted by Gasteiger charge is -2.04. The van der Waals surface area contributed by atoms with Crippen molar-refractivity contribution in [3.05, 3.63) is 52.4 Å².